The van der Waals surface area contributed by atoms with Gasteiger partial charge in [-0.05, 0) is 61.0 Å². The number of hydrogen-bond acceptors (Lipinski definition) is 3. The zero-order chi connectivity index (χ0) is 22.4. The van der Waals surface area contributed by atoms with Crippen molar-refractivity contribution in [3.05, 3.63) is 89.5 Å². The van der Waals surface area contributed by atoms with Crippen molar-refractivity contribution in [1.82, 2.24) is 0 Å². The van der Waals surface area contributed by atoms with Gasteiger partial charge in [0.25, 0.3) is 5.91 Å². The van der Waals surface area contributed by atoms with E-state index >= 15 is 0 Å². The Balaban J connectivity index is 1.61. The van der Waals surface area contributed by atoms with E-state index in [1.54, 1.807) is 12.1 Å². The number of anilines is 3. The molecule has 0 saturated heterocycles. The Kier molecular flexibility index (Phi) is 6.59. The average Bonchev–Trinajstić information content (AvgIpc) is 2.72. The van der Waals surface area contributed by atoms with Crippen molar-refractivity contribution < 1.29 is 22.8 Å². The Morgan fingerprint density at radius 3 is 2.16 bits per heavy atom. The van der Waals surface area contributed by atoms with Crippen LogP contribution in [0.3, 0.4) is 0 Å². The number of aryl methyl sites for hydroxylation is 1. The number of alkyl halides is 3. The van der Waals surface area contributed by atoms with E-state index < -0.39 is 17.6 Å². The number of nitrogens with one attached hydrogen (secondary N) is 3. The molecule has 0 aliphatic carbocycles. The lowest BCUT2D eigenvalue weighted by Gasteiger charge is -2.11. The van der Waals surface area contributed by atoms with Gasteiger partial charge in [-0.1, -0.05) is 24.3 Å². The SMILES string of the molecule is Cc1cccc(NCC(=O)Nc2cccc(C(=O)Nc3cccc(C(F)(F)F)c3)c2)c1. The van der Waals surface area contributed by atoms with Crippen LogP contribution < -0.4 is 16.0 Å². The Labute approximate surface area is 177 Å². The Morgan fingerprint density at radius 2 is 1.45 bits per heavy atom. The first-order chi connectivity index (χ1) is 14.7. The van der Waals surface area contributed by atoms with Crippen molar-refractivity contribution in [2.45, 2.75) is 13.1 Å². The molecule has 0 bridgehead atoms. The largest absolute Gasteiger partial charge is 0.416 e. The molecule has 3 N–H and O–H groups in total. The average molecular weight is 427 g/mol. The lowest BCUT2D eigenvalue weighted by Crippen LogP contribution is -2.22. The first-order valence-corrected chi connectivity index (χ1v) is 9.40. The number of benzene rings is 3. The maximum Gasteiger partial charge on any atom is 0.416 e. The van der Waals surface area contributed by atoms with Crippen LogP contribution in [0.2, 0.25) is 0 Å². The zero-order valence-electron chi connectivity index (χ0n) is 16.6. The van der Waals surface area contributed by atoms with E-state index in [-0.39, 0.29) is 23.7 Å². The maximum absolute atomic E-state index is 12.8. The van der Waals surface area contributed by atoms with Crippen LogP contribution >= 0.6 is 0 Å². The highest BCUT2D eigenvalue weighted by molar-refractivity contribution is 6.05. The van der Waals surface area contributed by atoms with Crippen molar-refractivity contribution in [3.8, 4) is 0 Å². The van der Waals surface area contributed by atoms with Gasteiger partial charge in [-0.25, -0.2) is 0 Å². The van der Waals surface area contributed by atoms with Crippen LogP contribution in [0.1, 0.15) is 21.5 Å². The molecule has 2 amide bonds. The minimum absolute atomic E-state index is 0.0246. The van der Waals surface area contributed by atoms with Gasteiger partial charge in [-0.3, -0.25) is 9.59 Å². The predicted octanol–water partition coefficient (Wildman–Crippen LogP) is 5.32. The molecule has 0 fully saturated rings. The summed E-state index contributed by atoms with van der Waals surface area (Å²) in [7, 11) is 0. The second-order valence-electron chi connectivity index (χ2n) is 6.88. The van der Waals surface area contributed by atoms with Gasteiger partial charge in [-0.15, -0.1) is 0 Å². The summed E-state index contributed by atoms with van der Waals surface area (Å²) in [5, 5.41) is 8.13. The number of carbonyl (C=O) groups excluding carboxylic acids is 2. The van der Waals surface area contributed by atoms with Crippen molar-refractivity contribution >= 4 is 28.9 Å². The summed E-state index contributed by atoms with van der Waals surface area (Å²) in [5.74, 6) is -0.898. The summed E-state index contributed by atoms with van der Waals surface area (Å²) in [4.78, 5) is 24.6. The van der Waals surface area contributed by atoms with Gasteiger partial charge in [0.1, 0.15) is 0 Å². The molecule has 3 rings (SSSR count). The molecule has 0 spiro atoms. The van der Waals surface area contributed by atoms with Gasteiger partial charge >= 0.3 is 6.18 Å². The first-order valence-electron chi connectivity index (χ1n) is 9.40. The zero-order valence-corrected chi connectivity index (χ0v) is 16.6. The van der Waals surface area contributed by atoms with Crippen LogP contribution in [0.25, 0.3) is 0 Å². The standard InChI is InChI=1S/C23H20F3N3O2/c1-15-5-2-8-18(11-15)27-14-21(30)28-19-9-3-6-16(12-19)22(31)29-20-10-4-7-17(13-20)23(24,25)26/h2-13,27H,14H2,1H3,(H,28,30)(H,29,31). The Hall–Kier alpha value is -3.81. The van der Waals surface area contributed by atoms with E-state index in [4.69, 9.17) is 0 Å². The summed E-state index contributed by atoms with van der Waals surface area (Å²) in [6.45, 7) is 1.98. The smallest absolute Gasteiger partial charge is 0.376 e. The fraction of sp³-hybridized carbons (Fsp3) is 0.130. The van der Waals surface area contributed by atoms with Crippen molar-refractivity contribution in [1.29, 1.82) is 0 Å². The number of amides is 2. The molecule has 0 radical (unpaired) electrons. The molecular weight excluding hydrogens is 407 g/mol. The molecule has 3 aromatic rings. The third kappa shape index (κ3) is 6.33. The summed E-state index contributed by atoms with van der Waals surface area (Å²) in [6, 6.07) is 18.1. The summed E-state index contributed by atoms with van der Waals surface area (Å²) < 4.78 is 38.5. The van der Waals surface area contributed by atoms with Gasteiger partial charge in [0, 0.05) is 22.6 Å². The van der Waals surface area contributed by atoms with Crippen molar-refractivity contribution in [2.75, 3.05) is 22.5 Å². The van der Waals surface area contributed by atoms with Crippen LogP contribution in [0.5, 0.6) is 0 Å². The Bertz CT molecular complexity index is 1100. The van der Waals surface area contributed by atoms with Crippen LogP contribution in [-0.2, 0) is 11.0 Å². The molecule has 0 unspecified atom stereocenters. The first kappa shape index (κ1) is 21.9. The van der Waals surface area contributed by atoms with E-state index in [1.807, 2.05) is 31.2 Å². The second-order valence-corrected chi connectivity index (χ2v) is 6.88. The number of halogens is 3. The van der Waals surface area contributed by atoms with Gasteiger partial charge in [0.15, 0.2) is 0 Å². The quantitative estimate of drug-likeness (QED) is 0.499. The maximum atomic E-state index is 12.8. The Morgan fingerprint density at radius 1 is 0.806 bits per heavy atom. The number of rotatable bonds is 6. The fourth-order valence-electron chi connectivity index (χ4n) is 2.86. The summed E-state index contributed by atoms with van der Waals surface area (Å²) in [5.41, 5.74) is 1.63. The van der Waals surface area contributed by atoms with Gasteiger partial charge in [0.2, 0.25) is 5.91 Å². The van der Waals surface area contributed by atoms with Gasteiger partial charge in [0.05, 0.1) is 12.1 Å². The molecule has 0 aliphatic rings. The van der Waals surface area contributed by atoms with Gasteiger partial charge in [-0.2, -0.15) is 13.2 Å². The van der Waals surface area contributed by atoms with Gasteiger partial charge < -0.3 is 16.0 Å². The molecule has 8 heteroatoms. The third-order valence-corrected chi connectivity index (χ3v) is 4.33. The van der Waals surface area contributed by atoms with E-state index in [2.05, 4.69) is 16.0 Å². The number of hydrogen-bond donors (Lipinski definition) is 3. The van der Waals surface area contributed by atoms with Crippen LogP contribution in [0.15, 0.2) is 72.8 Å². The lowest BCUT2D eigenvalue weighted by molar-refractivity contribution is -0.137. The summed E-state index contributed by atoms with van der Waals surface area (Å²) in [6.07, 6.45) is -4.50. The molecule has 0 aliphatic heterocycles. The third-order valence-electron chi connectivity index (χ3n) is 4.33. The highest BCUT2D eigenvalue weighted by atomic mass is 19.4. The van der Waals surface area contributed by atoms with E-state index in [0.29, 0.717) is 5.69 Å². The van der Waals surface area contributed by atoms with E-state index in [1.165, 1.54) is 24.3 Å². The predicted molar refractivity (Wildman–Crippen MR) is 114 cm³/mol. The second kappa shape index (κ2) is 9.34. The molecular formula is C23H20F3N3O2. The monoisotopic (exact) mass is 427 g/mol. The highest BCUT2D eigenvalue weighted by Crippen LogP contribution is 2.30. The van der Waals surface area contributed by atoms with Crippen molar-refractivity contribution in [3.63, 3.8) is 0 Å². The molecule has 5 nitrogen and oxygen atoms in total. The fourth-order valence-corrected chi connectivity index (χ4v) is 2.86. The molecule has 0 aromatic heterocycles. The molecule has 0 atom stereocenters. The normalized spacial score (nSPS) is 11.0. The molecule has 0 heterocycles. The lowest BCUT2D eigenvalue weighted by atomic mass is 10.1. The highest BCUT2D eigenvalue weighted by Gasteiger charge is 2.30. The minimum Gasteiger partial charge on any atom is -0.376 e. The minimum atomic E-state index is -4.50. The molecule has 3 aromatic carbocycles. The summed E-state index contributed by atoms with van der Waals surface area (Å²) >= 11 is 0. The topological polar surface area (TPSA) is 70.2 Å². The van der Waals surface area contributed by atoms with Crippen LogP contribution in [-0.4, -0.2) is 18.4 Å². The van der Waals surface area contributed by atoms with Crippen LogP contribution in [0.4, 0.5) is 30.2 Å². The molecule has 160 valence electrons. The van der Waals surface area contributed by atoms with Crippen molar-refractivity contribution in [2.24, 2.45) is 0 Å². The molecule has 0 saturated carbocycles. The number of carbonyl (C=O) groups is 2. The van der Waals surface area contributed by atoms with E-state index in [0.717, 1.165) is 23.4 Å². The van der Waals surface area contributed by atoms with E-state index in [9.17, 15) is 22.8 Å². The van der Waals surface area contributed by atoms with Crippen LogP contribution in [0, 0.1) is 6.92 Å². The molecule has 31 heavy (non-hydrogen) atoms.